The van der Waals surface area contributed by atoms with Crippen molar-refractivity contribution in [3.8, 4) is 0 Å². The Morgan fingerprint density at radius 3 is 2.69 bits per heavy atom. The van der Waals surface area contributed by atoms with Gasteiger partial charge in [0.05, 0.1) is 16.2 Å². The van der Waals surface area contributed by atoms with Crippen molar-refractivity contribution < 1.29 is 18.3 Å². The van der Waals surface area contributed by atoms with Crippen LogP contribution in [0.15, 0.2) is 21.9 Å². The molecule has 1 heterocycles. The van der Waals surface area contributed by atoms with Crippen molar-refractivity contribution >= 4 is 27.6 Å². The summed E-state index contributed by atoms with van der Waals surface area (Å²) < 4.78 is 23.3. The second kappa shape index (κ2) is 3.78. The Bertz CT molecular complexity index is 560. The van der Waals surface area contributed by atoms with E-state index in [0.29, 0.717) is 21.8 Å². The zero-order chi connectivity index (χ0) is 11.9. The van der Waals surface area contributed by atoms with Gasteiger partial charge in [-0.1, -0.05) is 0 Å². The predicted molar refractivity (Wildman–Crippen MR) is 60.9 cm³/mol. The molecule has 0 unspecified atom stereocenters. The van der Waals surface area contributed by atoms with Gasteiger partial charge in [0, 0.05) is 4.90 Å². The Morgan fingerprint density at radius 2 is 2.12 bits per heavy atom. The molecule has 1 aromatic carbocycles. The van der Waals surface area contributed by atoms with Crippen LogP contribution in [-0.4, -0.2) is 31.5 Å². The molecule has 16 heavy (non-hydrogen) atoms. The van der Waals surface area contributed by atoms with E-state index in [-0.39, 0.29) is 11.3 Å². The van der Waals surface area contributed by atoms with Crippen LogP contribution in [0.4, 0.5) is 0 Å². The van der Waals surface area contributed by atoms with Gasteiger partial charge < -0.3 is 5.11 Å². The molecule has 2 rings (SSSR count). The SMILES string of the molecule is CSc1c(C(=O)O)ccc2c1CCS2(=O)=O. The van der Waals surface area contributed by atoms with Crippen LogP contribution in [0.3, 0.4) is 0 Å². The second-order valence-corrected chi connectivity index (χ2v) is 6.39. The number of fused-ring (bicyclic) bond motifs is 1. The molecule has 0 fully saturated rings. The fourth-order valence-corrected chi connectivity index (χ4v) is 4.33. The second-order valence-electron chi connectivity index (χ2n) is 3.50. The highest BCUT2D eigenvalue weighted by Crippen LogP contribution is 2.35. The van der Waals surface area contributed by atoms with Crippen LogP contribution in [0.2, 0.25) is 0 Å². The molecule has 0 radical (unpaired) electrons. The molecule has 1 aliphatic heterocycles. The largest absolute Gasteiger partial charge is 0.478 e. The Kier molecular flexibility index (Phi) is 2.71. The minimum atomic E-state index is -3.19. The number of rotatable bonds is 2. The first-order valence-electron chi connectivity index (χ1n) is 4.63. The van der Waals surface area contributed by atoms with E-state index >= 15 is 0 Å². The summed E-state index contributed by atoms with van der Waals surface area (Å²) in [7, 11) is -3.19. The number of thioether (sulfide) groups is 1. The van der Waals surface area contributed by atoms with Gasteiger partial charge in [-0.3, -0.25) is 0 Å². The van der Waals surface area contributed by atoms with Crippen LogP contribution in [0.25, 0.3) is 0 Å². The van der Waals surface area contributed by atoms with Crippen molar-refractivity contribution in [1.82, 2.24) is 0 Å². The van der Waals surface area contributed by atoms with Gasteiger partial charge in [-0.25, -0.2) is 13.2 Å². The standard InChI is InChI=1S/C10H10O4S2/c1-15-9-6-4-5-16(13,14)8(6)3-2-7(9)10(11)12/h2-3H,4-5H2,1H3,(H,11,12). The van der Waals surface area contributed by atoms with E-state index in [1.807, 2.05) is 0 Å². The highest BCUT2D eigenvalue weighted by Gasteiger charge is 2.30. The first-order valence-corrected chi connectivity index (χ1v) is 7.51. The summed E-state index contributed by atoms with van der Waals surface area (Å²) in [6, 6.07) is 2.77. The molecule has 0 spiro atoms. The Morgan fingerprint density at radius 1 is 1.44 bits per heavy atom. The molecule has 1 N–H and O–H groups in total. The highest BCUT2D eigenvalue weighted by molar-refractivity contribution is 7.98. The maximum absolute atomic E-state index is 11.6. The third-order valence-corrected chi connectivity index (χ3v) is 5.28. The molecule has 0 aromatic heterocycles. The molecule has 4 nitrogen and oxygen atoms in total. The molecule has 1 aromatic rings. The van der Waals surface area contributed by atoms with Crippen molar-refractivity contribution in [1.29, 1.82) is 0 Å². The van der Waals surface area contributed by atoms with Gasteiger partial charge >= 0.3 is 5.97 Å². The minimum Gasteiger partial charge on any atom is -0.478 e. The number of carboxylic acids is 1. The summed E-state index contributed by atoms with van der Waals surface area (Å²) in [6.07, 6.45) is 2.17. The van der Waals surface area contributed by atoms with Crippen molar-refractivity contribution in [3.63, 3.8) is 0 Å². The Labute approximate surface area is 97.6 Å². The van der Waals surface area contributed by atoms with E-state index in [9.17, 15) is 13.2 Å². The zero-order valence-corrected chi connectivity index (χ0v) is 10.2. The topological polar surface area (TPSA) is 71.4 Å². The van der Waals surface area contributed by atoms with E-state index in [2.05, 4.69) is 0 Å². The lowest BCUT2D eigenvalue weighted by molar-refractivity contribution is 0.0692. The average Bonchev–Trinajstić information content (AvgIpc) is 2.53. The lowest BCUT2D eigenvalue weighted by atomic mass is 10.1. The molecule has 0 amide bonds. The Balaban J connectivity index is 2.74. The summed E-state index contributed by atoms with van der Waals surface area (Å²) in [5.74, 6) is -0.935. The van der Waals surface area contributed by atoms with E-state index in [1.165, 1.54) is 23.9 Å². The number of aromatic carboxylic acids is 1. The van der Waals surface area contributed by atoms with Gasteiger partial charge in [0.25, 0.3) is 0 Å². The monoisotopic (exact) mass is 258 g/mol. The van der Waals surface area contributed by atoms with Crippen molar-refractivity contribution in [3.05, 3.63) is 23.3 Å². The number of benzene rings is 1. The van der Waals surface area contributed by atoms with Gasteiger partial charge in [0.15, 0.2) is 9.84 Å². The first kappa shape index (κ1) is 11.5. The van der Waals surface area contributed by atoms with Crippen LogP contribution < -0.4 is 0 Å². The molecule has 6 heteroatoms. The maximum atomic E-state index is 11.6. The lowest BCUT2D eigenvalue weighted by Gasteiger charge is -2.08. The zero-order valence-electron chi connectivity index (χ0n) is 8.56. The van der Waals surface area contributed by atoms with E-state index in [4.69, 9.17) is 5.11 Å². The van der Waals surface area contributed by atoms with Gasteiger partial charge in [0.2, 0.25) is 0 Å². The summed E-state index contributed by atoms with van der Waals surface area (Å²) in [5, 5.41) is 9.00. The minimum absolute atomic E-state index is 0.0823. The maximum Gasteiger partial charge on any atom is 0.336 e. The average molecular weight is 258 g/mol. The molecule has 0 saturated heterocycles. The third-order valence-electron chi connectivity index (χ3n) is 2.61. The van der Waals surface area contributed by atoms with Gasteiger partial charge in [-0.05, 0) is 30.4 Å². The number of sulfone groups is 1. The number of carbonyl (C=O) groups is 1. The van der Waals surface area contributed by atoms with E-state index < -0.39 is 15.8 Å². The van der Waals surface area contributed by atoms with Crippen LogP contribution in [0.5, 0.6) is 0 Å². The summed E-state index contributed by atoms with van der Waals surface area (Å²) in [5.41, 5.74) is 0.843. The molecule has 0 aliphatic carbocycles. The van der Waals surface area contributed by atoms with Gasteiger partial charge in [0.1, 0.15) is 0 Å². The van der Waals surface area contributed by atoms with Crippen molar-refractivity contribution in [2.24, 2.45) is 0 Å². The predicted octanol–water partition coefficient (Wildman–Crippen LogP) is 1.44. The van der Waals surface area contributed by atoms with Crippen LogP contribution >= 0.6 is 11.8 Å². The van der Waals surface area contributed by atoms with Crippen LogP contribution in [-0.2, 0) is 16.3 Å². The molecule has 86 valence electrons. The molecular weight excluding hydrogens is 248 g/mol. The molecule has 0 atom stereocenters. The summed E-state index contributed by atoms with van der Waals surface area (Å²) >= 11 is 1.28. The van der Waals surface area contributed by atoms with Crippen LogP contribution in [0.1, 0.15) is 15.9 Å². The Hall–Kier alpha value is -1.01. The van der Waals surface area contributed by atoms with Gasteiger partial charge in [-0.15, -0.1) is 11.8 Å². The first-order chi connectivity index (χ1) is 7.47. The van der Waals surface area contributed by atoms with Crippen molar-refractivity contribution in [2.75, 3.05) is 12.0 Å². The smallest absolute Gasteiger partial charge is 0.336 e. The molecule has 0 bridgehead atoms. The van der Waals surface area contributed by atoms with Gasteiger partial charge in [-0.2, -0.15) is 0 Å². The summed E-state index contributed by atoms with van der Waals surface area (Å²) in [4.78, 5) is 11.8. The quantitative estimate of drug-likeness (QED) is 0.813. The highest BCUT2D eigenvalue weighted by atomic mass is 32.2. The van der Waals surface area contributed by atoms with E-state index in [1.54, 1.807) is 6.26 Å². The normalized spacial score (nSPS) is 17.1. The van der Waals surface area contributed by atoms with Crippen molar-refractivity contribution in [2.45, 2.75) is 16.2 Å². The molecular formula is C10H10O4S2. The fraction of sp³-hybridized carbons (Fsp3) is 0.300. The number of hydrogen-bond donors (Lipinski definition) is 1. The number of carboxylic acid groups (broad SMARTS) is 1. The molecule has 0 saturated carbocycles. The number of hydrogen-bond acceptors (Lipinski definition) is 4. The molecule has 1 aliphatic rings. The lowest BCUT2D eigenvalue weighted by Crippen LogP contribution is -2.03. The summed E-state index contributed by atoms with van der Waals surface area (Å²) in [6.45, 7) is 0. The third kappa shape index (κ3) is 1.62. The fourth-order valence-electron chi connectivity index (χ4n) is 1.89. The van der Waals surface area contributed by atoms with E-state index in [0.717, 1.165) is 0 Å². The van der Waals surface area contributed by atoms with Crippen LogP contribution in [0, 0.1) is 0 Å².